The van der Waals surface area contributed by atoms with Crippen molar-refractivity contribution in [3.63, 3.8) is 0 Å². The number of halogens is 1. The van der Waals surface area contributed by atoms with Crippen LogP contribution in [0.3, 0.4) is 0 Å². The lowest BCUT2D eigenvalue weighted by molar-refractivity contribution is -0.140. The van der Waals surface area contributed by atoms with E-state index < -0.39 is 41.5 Å². The van der Waals surface area contributed by atoms with Crippen molar-refractivity contribution in [1.82, 2.24) is 20.4 Å². The molecule has 0 unspecified atom stereocenters. The first-order chi connectivity index (χ1) is 15.5. The quantitative estimate of drug-likeness (QED) is 0.710. The number of benzene rings is 1. The van der Waals surface area contributed by atoms with Gasteiger partial charge in [-0.25, -0.2) is 4.39 Å². The summed E-state index contributed by atoms with van der Waals surface area (Å²) in [5.41, 5.74) is 1.69. The number of carbonyl (C=O) groups excluding carboxylic acids is 4. The van der Waals surface area contributed by atoms with Crippen LogP contribution in [-0.4, -0.2) is 63.8 Å². The predicted octanol–water partition coefficient (Wildman–Crippen LogP) is 1.28. The van der Waals surface area contributed by atoms with Crippen molar-refractivity contribution in [2.75, 3.05) is 6.54 Å². The van der Waals surface area contributed by atoms with Gasteiger partial charge in [0.15, 0.2) is 0 Å². The fraction of sp³-hybridized carbons (Fsp3) is 0.583. The molecule has 0 aromatic heterocycles. The van der Waals surface area contributed by atoms with Crippen LogP contribution < -0.4 is 10.6 Å². The predicted molar refractivity (Wildman–Crippen MR) is 118 cm³/mol. The number of amides is 4. The molecule has 33 heavy (non-hydrogen) atoms. The lowest BCUT2D eigenvalue weighted by atomic mass is 9.99. The molecule has 4 amide bonds. The van der Waals surface area contributed by atoms with Crippen LogP contribution >= 0.6 is 0 Å². The third-order valence-electron chi connectivity index (χ3n) is 6.45. The summed E-state index contributed by atoms with van der Waals surface area (Å²) in [7, 11) is 0. The van der Waals surface area contributed by atoms with Gasteiger partial charge in [-0.15, -0.1) is 0 Å². The van der Waals surface area contributed by atoms with Crippen LogP contribution in [0.4, 0.5) is 4.39 Å². The highest BCUT2D eigenvalue weighted by Crippen LogP contribution is 2.29. The summed E-state index contributed by atoms with van der Waals surface area (Å²) in [6.45, 7) is 6.30. The molecule has 0 bridgehead atoms. The zero-order chi connectivity index (χ0) is 23.9. The first-order valence-electron chi connectivity index (χ1n) is 11.4. The maximum absolute atomic E-state index is 14.2. The second kappa shape index (κ2) is 8.76. The van der Waals surface area contributed by atoms with Crippen LogP contribution in [0.25, 0.3) is 0 Å². The van der Waals surface area contributed by atoms with Crippen molar-refractivity contribution in [2.45, 2.75) is 76.9 Å². The highest BCUT2D eigenvalue weighted by Gasteiger charge is 2.46. The Morgan fingerprint density at radius 3 is 2.36 bits per heavy atom. The SMILES string of the molecule is CC(C)(C)NC(=O)[C@@H]1C[C@H](F)CN1C(=O)[C@@H]1C[C@@H](CC(=O)N2Cc3ccccc3C2)C(=O)N1. The number of carbonyl (C=O) groups is 4. The lowest BCUT2D eigenvalue weighted by Gasteiger charge is -2.29. The summed E-state index contributed by atoms with van der Waals surface area (Å²) in [6, 6.07) is 6.07. The topological polar surface area (TPSA) is 98.8 Å². The lowest BCUT2D eigenvalue weighted by Crippen LogP contribution is -2.54. The number of hydrogen-bond acceptors (Lipinski definition) is 4. The summed E-state index contributed by atoms with van der Waals surface area (Å²) in [5, 5.41) is 5.46. The molecule has 0 spiro atoms. The first-order valence-corrected chi connectivity index (χ1v) is 11.4. The van der Waals surface area contributed by atoms with Gasteiger partial charge < -0.3 is 20.4 Å². The van der Waals surface area contributed by atoms with E-state index in [1.807, 2.05) is 45.0 Å². The fourth-order valence-corrected chi connectivity index (χ4v) is 4.86. The molecule has 3 heterocycles. The number of rotatable bonds is 4. The van der Waals surface area contributed by atoms with Gasteiger partial charge >= 0.3 is 0 Å². The molecule has 2 fully saturated rings. The van der Waals surface area contributed by atoms with Gasteiger partial charge in [-0.1, -0.05) is 24.3 Å². The molecule has 3 aliphatic rings. The number of nitrogens with zero attached hydrogens (tertiary/aromatic N) is 2. The molecule has 2 saturated heterocycles. The van der Waals surface area contributed by atoms with E-state index >= 15 is 0 Å². The van der Waals surface area contributed by atoms with Gasteiger partial charge in [-0.3, -0.25) is 19.2 Å². The molecule has 9 heteroatoms. The van der Waals surface area contributed by atoms with Gasteiger partial charge in [0, 0.05) is 37.4 Å². The maximum Gasteiger partial charge on any atom is 0.245 e. The minimum absolute atomic E-state index is 0.0171. The van der Waals surface area contributed by atoms with Crippen LogP contribution in [0.15, 0.2) is 24.3 Å². The van der Waals surface area contributed by atoms with E-state index in [4.69, 9.17) is 0 Å². The third kappa shape index (κ3) is 5.02. The monoisotopic (exact) mass is 458 g/mol. The first kappa shape index (κ1) is 23.2. The molecule has 1 aromatic carbocycles. The molecule has 0 radical (unpaired) electrons. The average Bonchev–Trinajstić information content (AvgIpc) is 3.43. The Bertz CT molecular complexity index is 950. The Labute approximate surface area is 192 Å². The van der Waals surface area contributed by atoms with E-state index in [0.29, 0.717) is 13.1 Å². The number of likely N-dealkylation sites (tertiary alicyclic amines) is 1. The van der Waals surface area contributed by atoms with Gasteiger partial charge in [0.25, 0.3) is 0 Å². The molecule has 3 aliphatic heterocycles. The van der Waals surface area contributed by atoms with Crippen LogP contribution in [0.1, 0.15) is 51.2 Å². The highest BCUT2D eigenvalue weighted by atomic mass is 19.1. The minimum atomic E-state index is -1.30. The number of nitrogens with one attached hydrogen (secondary N) is 2. The average molecular weight is 459 g/mol. The van der Waals surface area contributed by atoms with E-state index in [-0.39, 0.29) is 37.6 Å². The van der Waals surface area contributed by atoms with Crippen molar-refractivity contribution in [3.05, 3.63) is 35.4 Å². The molecule has 0 saturated carbocycles. The highest BCUT2D eigenvalue weighted by molar-refractivity contribution is 5.96. The second-order valence-corrected chi connectivity index (χ2v) is 10.3. The van der Waals surface area contributed by atoms with Crippen LogP contribution in [0.2, 0.25) is 0 Å². The van der Waals surface area contributed by atoms with Crippen LogP contribution in [0, 0.1) is 5.92 Å². The summed E-state index contributed by atoms with van der Waals surface area (Å²) in [5.74, 6) is -1.99. The zero-order valence-corrected chi connectivity index (χ0v) is 19.3. The van der Waals surface area contributed by atoms with Gasteiger partial charge in [-0.05, 0) is 38.3 Å². The van der Waals surface area contributed by atoms with E-state index in [1.165, 1.54) is 4.90 Å². The van der Waals surface area contributed by atoms with Gasteiger partial charge in [0.2, 0.25) is 23.6 Å². The molecule has 2 N–H and O–H groups in total. The molecular weight excluding hydrogens is 427 g/mol. The number of fused-ring (bicyclic) bond motifs is 1. The molecule has 1 aromatic rings. The Morgan fingerprint density at radius 2 is 1.76 bits per heavy atom. The van der Waals surface area contributed by atoms with E-state index in [1.54, 1.807) is 4.90 Å². The van der Waals surface area contributed by atoms with Gasteiger partial charge in [0.05, 0.1) is 6.54 Å². The Kier molecular flexibility index (Phi) is 6.16. The van der Waals surface area contributed by atoms with E-state index in [9.17, 15) is 23.6 Å². The Morgan fingerprint density at radius 1 is 1.12 bits per heavy atom. The summed E-state index contributed by atoms with van der Waals surface area (Å²) in [6.07, 6.45) is -1.18. The number of hydrogen-bond donors (Lipinski definition) is 2. The molecule has 4 atom stereocenters. The zero-order valence-electron chi connectivity index (χ0n) is 19.3. The largest absolute Gasteiger partial charge is 0.350 e. The molecule has 178 valence electrons. The molecular formula is C24H31FN4O4. The van der Waals surface area contributed by atoms with Crippen LogP contribution in [-0.2, 0) is 32.3 Å². The minimum Gasteiger partial charge on any atom is -0.350 e. The maximum atomic E-state index is 14.2. The summed E-state index contributed by atoms with van der Waals surface area (Å²) < 4.78 is 14.2. The summed E-state index contributed by atoms with van der Waals surface area (Å²) >= 11 is 0. The van der Waals surface area contributed by atoms with Gasteiger partial charge in [-0.2, -0.15) is 0 Å². The Balaban J connectivity index is 1.36. The molecule has 4 rings (SSSR count). The normalized spacial score (nSPS) is 26.8. The van der Waals surface area contributed by atoms with Crippen molar-refractivity contribution in [2.24, 2.45) is 5.92 Å². The second-order valence-electron chi connectivity index (χ2n) is 10.3. The molecule has 8 nitrogen and oxygen atoms in total. The number of alkyl halides is 1. The third-order valence-corrected chi connectivity index (χ3v) is 6.45. The molecule has 0 aliphatic carbocycles. The van der Waals surface area contributed by atoms with Crippen molar-refractivity contribution in [3.8, 4) is 0 Å². The smallest absolute Gasteiger partial charge is 0.245 e. The van der Waals surface area contributed by atoms with Crippen molar-refractivity contribution >= 4 is 23.6 Å². The Hall–Kier alpha value is -2.97. The van der Waals surface area contributed by atoms with Crippen molar-refractivity contribution < 1.29 is 23.6 Å². The van der Waals surface area contributed by atoms with Crippen LogP contribution in [0.5, 0.6) is 0 Å². The summed E-state index contributed by atoms with van der Waals surface area (Å²) in [4.78, 5) is 54.1. The standard InChI is InChI=1S/C24H31FN4O4/c1-24(2,3)27-22(32)19-10-17(25)13-29(19)23(33)18-8-16(21(31)26-18)9-20(30)28-11-14-6-4-5-7-15(14)12-28/h4-7,16-19H,8-13H2,1-3H3,(H,26,31)(H,27,32)/t16-,17-,18-,19-/m0/s1. The van der Waals surface area contributed by atoms with Gasteiger partial charge in [0.1, 0.15) is 18.3 Å². The van der Waals surface area contributed by atoms with Crippen molar-refractivity contribution in [1.29, 1.82) is 0 Å². The van der Waals surface area contributed by atoms with E-state index in [2.05, 4.69) is 10.6 Å². The van der Waals surface area contributed by atoms with E-state index in [0.717, 1.165) is 11.1 Å². The fourth-order valence-electron chi connectivity index (χ4n) is 4.86.